The van der Waals surface area contributed by atoms with E-state index in [1.54, 1.807) is 10.4 Å². The van der Waals surface area contributed by atoms with Crippen LogP contribution in [0.5, 0.6) is 0 Å². The smallest absolute Gasteiger partial charge is 0.345 e. The molecule has 7 nitrogen and oxygen atoms in total. The van der Waals surface area contributed by atoms with E-state index in [0.29, 0.717) is 46.9 Å². The number of thiophene rings is 1. The minimum atomic E-state index is -3.57. The minimum Gasteiger partial charge on any atom is -0.477 e. The van der Waals surface area contributed by atoms with Crippen molar-refractivity contribution >= 4 is 61.4 Å². The van der Waals surface area contributed by atoms with Crippen LogP contribution in [0.1, 0.15) is 80.5 Å². The molecule has 0 radical (unpaired) electrons. The van der Waals surface area contributed by atoms with Gasteiger partial charge in [-0.2, -0.15) is 5.10 Å². The van der Waals surface area contributed by atoms with Gasteiger partial charge in [0, 0.05) is 45.2 Å². The van der Waals surface area contributed by atoms with Crippen LogP contribution in [0.25, 0.3) is 10.9 Å². The molecular weight excluding hydrogens is 649 g/mol. The fraction of sp³-hybridized carbons (Fsp3) is 0.294. The second-order valence-electron chi connectivity index (χ2n) is 11.9. The molecule has 45 heavy (non-hydrogen) atoms. The highest BCUT2D eigenvalue weighted by Gasteiger charge is 2.34. The molecule has 1 saturated heterocycles. The zero-order chi connectivity index (χ0) is 31.3. The van der Waals surface area contributed by atoms with Gasteiger partial charge in [0.2, 0.25) is 10.0 Å². The monoisotopic (exact) mass is 679 g/mol. The Kier molecular flexibility index (Phi) is 8.25. The largest absolute Gasteiger partial charge is 0.477 e. The molecule has 0 unspecified atom stereocenters. The first-order valence-electron chi connectivity index (χ1n) is 15.0. The van der Waals surface area contributed by atoms with Crippen molar-refractivity contribution in [2.75, 3.05) is 13.1 Å². The van der Waals surface area contributed by atoms with Crippen LogP contribution in [0, 0.1) is 0 Å². The van der Waals surface area contributed by atoms with Gasteiger partial charge in [0.1, 0.15) is 4.88 Å². The Balaban J connectivity index is 1.19. The van der Waals surface area contributed by atoms with Crippen molar-refractivity contribution in [3.63, 3.8) is 0 Å². The van der Waals surface area contributed by atoms with Crippen molar-refractivity contribution in [2.24, 2.45) is 0 Å². The van der Waals surface area contributed by atoms with Gasteiger partial charge < -0.3 is 5.11 Å². The van der Waals surface area contributed by atoms with Gasteiger partial charge in [-0.1, -0.05) is 53.5 Å². The van der Waals surface area contributed by atoms with Gasteiger partial charge >= 0.3 is 5.97 Å². The molecule has 3 aromatic carbocycles. The topological polar surface area (TPSA) is 92.5 Å². The molecule has 1 aliphatic carbocycles. The maximum absolute atomic E-state index is 13.3. The molecule has 1 aliphatic heterocycles. The van der Waals surface area contributed by atoms with Crippen molar-refractivity contribution < 1.29 is 18.3 Å². The third-order valence-electron chi connectivity index (χ3n) is 8.82. The second-order valence-corrected chi connectivity index (χ2v) is 15.9. The molecule has 3 heterocycles. The van der Waals surface area contributed by atoms with Crippen LogP contribution in [-0.4, -0.2) is 46.7 Å². The van der Waals surface area contributed by atoms with E-state index < -0.39 is 16.0 Å². The number of carboxylic acids is 1. The lowest BCUT2D eigenvalue weighted by Gasteiger charge is -2.30. The average Bonchev–Trinajstić information content (AvgIpc) is 3.65. The molecule has 0 spiro atoms. The summed E-state index contributed by atoms with van der Waals surface area (Å²) in [7, 11) is -3.57. The van der Waals surface area contributed by atoms with Gasteiger partial charge in [-0.15, -0.1) is 11.3 Å². The molecular formula is C34H31Cl2N3O4S2. The van der Waals surface area contributed by atoms with Crippen LogP contribution in [0.4, 0.5) is 0 Å². The predicted molar refractivity (Wildman–Crippen MR) is 179 cm³/mol. The Labute approximate surface area is 276 Å². The number of aromatic carboxylic acids is 1. The summed E-state index contributed by atoms with van der Waals surface area (Å²) in [5.41, 5.74) is 5.53. The molecule has 5 aromatic rings. The lowest BCUT2D eigenvalue weighted by molar-refractivity contribution is 0.0702. The average molecular weight is 681 g/mol. The Morgan fingerprint density at radius 3 is 2.02 bits per heavy atom. The highest BCUT2D eigenvalue weighted by molar-refractivity contribution is 7.88. The van der Waals surface area contributed by atoms with Crippen molar-refractivity contribution in [2.45, 2.75) is 49.3 Å². The van der Waals surface area contributed by atoms with Crippen molar-refractivity contribution in [3.8, 4) is 0 Å². The van der Waals surface area contributed by atoms with Gasteiger partial charge in [0.15, 0.2) is 0 Å². The maximum Gasteiger partial charge on any atom is 0.345 e. The van der Waals surface area contributed by atoms with Crippen molar-refractivity contribution in [3.05, 3.63) is 121 Å². The first-order valence-corrected chi connectivity index (χ1v) is 18.2. The molecule has 2 aliphatic rings. The zero-order valence-electron chi connectivity index (χ0n) is 24.3. The molecule has 0 atom stereocenters. The fourth-order valence-corrected chi connectivity index (χ4v) is 9.38. The summed E-state index contributed by atoms with van der Waals surface area (Å²) in [4.78, 5) is 11.9. The van der Waals surface area contributed by atoms with Gasteiger partial charge in [0.25, 0.3) is 0 Å². The molecule has 232 valence electrons. The van der Waals surface area contributed by atoms with Crippen LogP contribution >= 0.6 is 34.5 Å². The molecule has 11 heteroatoms. The number of aromatic nitrogens is 2. The number of benzene rings is 3. The van der Waals surface area contributed by atoms with Crippen molar-refractivity contribution in [1.82, 2.24) is 14.1 Å². The Morgan fingerprint density at radius 2 is 1.47 bits per heavy atom. The summed E-state index contributed by atoms with van der Waals surface area (Å²) in [5.74, 6) is -1.14. The van der Waals surface area contributed by atoms with Crippen LogP contribution in [0.2, 0.25) is 10.0 Å². The first-order chi connectivity index (χ1) is 21.7. The number of rotatable bonds is 9. The minimum absolute atomic E-state index is 0.0352. The van der Waals surface area contributed by atoms with E-state index in [1.807, 2.05) is 24.3 Å². The van der Waals surface area contributed by atoms with E-state index in [2.05, 4.69) is 47.1 Å². The lowest BCUT2D eigenvalue weighted by Crippen LogP contribution is -2.38. The van der Waals surface area contributed by atoms with Gasteiger partial charge in [-0.3, -0.25) is 4.68 Å². The normalized spacial score (nSPS) is 16.5. The first kappa shape index (κ1) is 30.4. The van der Waals surface area contributed by atoms with Gasteiger partial charge in [-0.25, -0.2) is 17.5 Å². The van der Waals surface area contributed by atoms with E-state index >= 15 is 0 Å². The maximum atomic E-state index is 13.3. The summed E-state index contributed by atoms with van der Waals surface area (Å²) in [6, 6.07) is 26.0. The second kappa shape index (κ2) is 12.2. The third kappa shape index (κ3) is 6.29. The third-order valence-corrected chi connectivity index (χ3v) is 12.4. The number of hydrogen-bond donors (Lipinski definition) is 1. The number of sulfonamides is 1. The molecule has 0 bridgehead atoms. The number of nitrogens with zero attached hydrogens (tertiary/aromatic N) is 3. The molecule has 1 N–H and O–H groups in total. The molecule has 2 fully saturated rings. The summed E-state index contributed by atoms with van der Waals surface area (Å²) in [6.07, 6.45) is 3.56. The van der Waals surface area contributed by atoms with Gasteiger partial charge in [-0.05, 0) is 90.9 Å². The van der Waals surface area contributed by atoms with E-state index in [0.717, 1.165) is 57.5 Å². The fourth-order valence-electron chi connectivity index (χ4n) is 6.40. The number of halogens is 2. The number of carbonyl (C=O) groups is 1. The number of fused-ring (bicyclic) bond motifs is 1. The summed E-state index contributed by atoms with van der Waals surface area (Å²) in [6.45, 7) is 0.805. The molecule has 2 aromatic heterocycles. The van der Waals surface area contributed by atoms with Crippen LogP contribution in [0.3, 0.4) is 0 Å². The highest BCUT2D eigenvalue weighted by Crippen LogP contribution is 2.42. The summed E-state index contributed by atoms with van der Waals surface area (Å²) in [5, 5.41) is 16.9. The summed E-state index contributed by atoms with van der Waals surface area (Å²) < 4.78 is 30.3. The van der Waals surface area contributed by atoms with Crippen LogP contribution in [0.15, 0.2) is 78.9 Å². The quantitative estimate of drug-likeness (QED) is 0.158. The SMILES string of the molecule is O=C(O)c1ccc(CS(=O)(=O)N2CCC(c3nn(C4CC4)c4ccc(C(c5ccc(Cl)cc5)c5ccc(Cl)cc5)cc34)CC2)s1. The molecule has 0 amide bonds. The zero-order valence-corrected chi connectivity index (χ0v) is 27.4. The summed E-state index contributed by atoms with van der Waals surface area (Å²) >= 11 is 13.5. The standard InChI is InChI=1S/C34H31Cl2N3O4S2/c35-25-6-1-21(2-7-25)32(22-3-8-26(36)9-4-22)24-5-13-30-29(19-24)33(37-39(30)27-10-11-27)23-15-17-38(18-16-23)45(42,43)20-28-12-14-31(44-28)34(40)41/h1-9,12-14,19,23,27,32H,10-11,15-18,20H2,(H,40,41). The molecule has 1 saturated carbocycles. The van der Waals surface area contributed by atoms with E-state index in [-0.39, 0.29) is 22.5 Å². The Hall–Kier alpha value is -3.21. The van der Waals surface area contributed by atoms with E-state index in [1.165, 1.54) is 6.07 Å². The Morgan fingerprint density at radius 1 is 0.867 bits per heavy atom. The molecule has 7 rings (SSSR count). The van der Waals surface area contributed by atoms with E-state index in [4.69, 9.17) is 28.3 Å². The number of carboxylic acid groups (broad SMARTS) is 1. The van der Waals surface area contributed by atoms with Gasteiger partial charge in [0.05, 0.1) is 23.0 Å². The lowest BCUT2D eigenvalue weighted by atomic mass is 9.84. The Bertz CT molecular complexity index is 1930. The van der Waals surface area contributed by atoms with Crippen LogP contribution in [-0.2, 0) is 15.8 Å². The highest BCUT2D eigenvalue weighted by atomic mass is 35.5. The van der Waals surface area contributed by atoms with Crippen molar-refractivity contribution in [1.29, 1.82) is 0 Å². The number of hydrogen-bond acceptors (Lipinski definition) is 5. The van der Waals surface area contributed by atoms with E-state index in [9.17, 15) is 18.3 Å². The predicted octanol–water partition coefficient (Wildman–Crippen LogP) is 8.33. The van der Waals surface area contributed by atoms with Crippen LogP contribution < -0.4 is 0 Å². The number of piperidine rings is 1.